The predicted octanol–water partition coefficient (Wildman–Crippen LogP) is 4.20. The topological polar surface area (TPSA) is 17.1 Å². The number of alkyl halides is 3. The quantitative estimate of drug-likeness (QED) is 0.719. The molecule has 0 aliphatic rings. The molecule has 0 fully saturated rings. The summed E-state index contributed by atoms with van der Waals surface area (Å²) >= 11 is 5.55. The monoisotopic (exact) mass is 250 g/mol. The fourth-order valence-corrected chi connectivity index (χ4v) is 1.46. The number of carbonyl (C=O) groups excluding carboxylic acids is 1. The van der Waals surface area contributed by atoms with E-state index in [9.17, 15) is 18.0 Å². The molecular formula is C11H10ClF3O. The van der Waals surface area contributed by atoms with E-state index in [1.807, 2.05) is 0 Å². The van der Waals surface area contributed by atoms with Gasteiger partial charge in [0.05, 0.1) is 5.56 Å². The van der Waals surface area contributed by atoms with Crippen LogP contribution < -0.4 is 0 Å². The zero-order valence-corrected chi connectivity index (χ0v) is 9.49. The van der Waals surface area contributed by atoms with Crippen LogP contribution in [0, 0.1) is 5.92 Å². The Balaban J connectivity index is 3.24. The van der Waals surface area contributed by atoms with Crippen LogP contribution >= 0.6 is 11.6 Å². The first-order valence-electron chi connectivity index (χ1n) is 4.64. The van der Waals surface area contributed by atoms with E-state index in [-0.39, 0.29) is 22.3 Å². The Bertz CT molecular complexity index is 410. The van der Waals surface area contributed by atoms with Crippen LogP contribution in [0.25, 0.3) is 0 Å². The molecule has 0 radical (unpaired) electrons. The van der Waals surface area contributed by atoms with Gasteiger partial charge in [0.15, 0.2) is 5.78 Å². The Morgan fingerprint density at radius 2 is 1.81 bits per heavy atom. The predicted molar refractivity (Wildman–Crippen MR) is 55.6 cm³/mol. The highest BCUT2D eigenvalue weighted by atomic mass is 35.5. The van der Waals surface area contributed by atoms with Gasteiger partial charge in [0, 0.05) is 16.5 Å². The molecule has 5 heteroatoms. The molecule has 0 saturated carbocycles. The molecule has 0 heterocycles. The van der Waals surface area contributed by atoms with Crippen molar-refractivity contribution in [2.45, 2.75) is 20.0 Å². The van der Waals surface area contributed by atoms with Crippen molar-refractivity contribution in [2.24, 2.45) is 5.92 Å². The molecule has 1 rings (SSSR count). The third-order valence-corrected chi connectivity index (χ3v) is 2.25. The summed E-state index contributed by atoms with van der Waals surface area (Å²) in [5.41, 5.74) is -0.904. The highest BCUT2D eigenvalue weighted by Gasteiger charge is 2.31. The van der Waals surface area contributed by atoms with Crippen molar-refractivity contribution in [1.29, 1.82) is 0 Å². The highest BCUT2D eigenvalue weighted by molar-refractivity contribution is 6.31. The van der Waals surface area contributed by atoms with Crippen LogP contribution in [0.4, 0.5) is 13.2 Å². The molecule has 1 nitrogen and oxygen atoms in total. The van der Waals surface area contributed by atoms with Crippen LogP contribution in [0.2, 0.25) is 5.02 Å². The molecule has 0 aromatic heterocycles. The highest BCUT2D eigenvalue weighted by Crippen LogP contribution is 2.32. The van der Waals surface area contributed by atoms with Gasteiger partial charge in [-0.2, -0.15) is 13.2 Å². The maximum atomic E-state index is 12.4. The van der Waals surface area contributed by atoms with E-state index in [1.165, 1.54) is 6.07 Å². The Labute approximate surface area is 96.2 Å². The minimum absolute atomic E-state index is 0.00479. The molecule has 0 atom stereocenters. The molecule has 1 aromatic carbocycles. The van der Waals surface area contributed by atoms with Crippen LogP contribution in [-0.2, 0) is 6.18 Å². The zero-order valence-electron chi connectivity index (χ0n) is 8.73. The van der Waals surface area contributed by atoms with Crippen molar-refractivity contribution in [3.05, 3.63) is 34.3 Å². The fourth-order valence-electron chi connectivity index (χ4n) is 1.23. The van der Waals surface area contributed by atoms with Gasteiger partial charge in [-0.15, -0.1) is 0 Å². The van der Waals surface area contributed by atoms with Crippen molar-refractivity contribution in [3.63, 3.8) is 0 Å². The summed E-state index contributed by atoms with van der Waals surface area (Å²) in [5.74, 6) is -0.715. The largest absolute Gasteiger partial charge is 0.416 e. The van der Waals surface area contributed by atoms with E-state index in [1.54, 1.807) is 13.8 Å². The number of carbonyl (C=O) groups is 1. The van der Waals surface area contributed by atoms with E-state index in [0.29, 0.717) is 0 Å². The number of hydrogen-bond acceptors (Lipinski definition) is 1. The fraction of sp³-hybridized carbons (Fsp3) is 0.364. The summed E-state index contributed by atoms with van der Waals surface area (Å²) in [6.45, 7) is 3.24. The summed E-state index contributed by atoms with van der Waals surface area (Å²) in [6.07, 6.45) is -4.49. The first-order chi connectivity index (χ1) is 7.21. The van der Waals surface area contributed by atoms with Gasteiger partial charge in [0.2, 0.25) is 0 Å². The first-order valence-corrected chi connectivity index (χ1v) is 5.01. The number of ketones is 1. The molecule has 0 aliphatic carbocycles. The second-order valence-corrected chi connectivity index (χ2v) is 4.18. The molecule has 88 valence electrons. The third kappa shape index (κ3) is 2.98. The molecule has 0 spiro atoms. The number of benzene rings is 1. The van der Waals surface area contributed by atoms with Crippen LogP contribution in [0.5, 0.6) is 0 Å². The normalized spacial score (nSPS) is 11.9. The lowest BCUT2D eigenvalue weighted by molar-refractivity contribution is -0.137. The Morgan fingerprint density at radius 3 is 2.25 bits per heavy atom. The van der Waals surface area contributed by atoms with E-state index in [0.717, 1.165) is 12.1 Å². The first kappa shape index (κ1) is 13.0. The summed E-state index contributed by atoms with van der Waals surface area (Å²) < 4.78 is 37.3. The van der Waals surface area contributed by atoms with Crippen molar-refractivity contribution in [3.8, 4) is 0 Å². The molecule has 16 heavy (non-hydrogen) atoms. The smallest absolute Gasteiger partial charge is 0.294 e. The lowest BCUT2D eigenvalue weighted by Crippen LogP contribution is -2.11. The standard InChI is InChI=1S/C11H10ClF3O/c1-6(2)10(16)7-3-8(11(13,14)15)5-9(12)4-7/h3-6H,1-2H3. The summed E-state index contributed by atoms with van der Waals surface area (Å²) in [7, 11) is 0. The number of Topliss-reactive ketones (excluding diaryl/α,β-unsaturated/α-hetero) is 1. The molecule has 0 N–H and O–H groups in total. The maximum absolute atomic E-state index is 12.4. The Kier molecular flexibility index (Phi) is 3.63. The van der Waals surface area contributed by atoms with Crippen LogP contribution in [0.1, 0.15) is 29.8 Å². The lowest BCUT2D eigenvalue weighted by Gasteiger charge is -2.10. The molecule has 1 aromatic rings. The minimum Gasteiger partial charge on any atom is -0.294 e. The van der Waals surface area contributed by atoms with Crippen molar-refractivity contribution >= 4 is 17.4 Å². The molecule has 0 aliphatic heterocycles. The van der Waals surface area contributed by atoms with E-state index in [4.69, 9.17) is 11.6 Å². The SMILES string of the molecule is CC(C)C(=O)c1cc(Cl)cc(C(F)(F)F)c1. The summed E-state index contributed by atoms with van der Waals surface area (Å²) in [6, 6.07) is 2.88. The van der Waals surface area contributed by atoms with Crippen molar-refractivity contribution in [1.82, 2.24) is 0 Å². The lowest BCUT2D eigenvalue weighted by atomic mass is 9.99. The van der Waals surface area contributed by atoms with Crippen LogP contribution in [0.15, 0.2) is 18.2 Å². The van der Waals surface area contributed by atoms with Gasteiger partial charge >= 0.3 is 6.18 Å². The number of halogens is 4. The van der Waals surface area contributed by atoms with Gasteiger partial charge < -0.3 is 0 Å². The van der Waals surface area contributed by atoms with Crippen molar-refractivity contribution < 1.29 is 18.0 Å². The average Bonchev–Trinajstić information content (AvgIpc) is 2.14. The number of rotatable bonds is 2. The molecular weight excluding hydrogens is 241 g/mol. The Morgan fingerprint density at radius 1 is 1.25 bits per heavy atom. The van der Waals surface area contributed by atoms with Gasteiger partial charge in [-0.25, -0.2) is 0 Å². The molecule has 0 amide bonds. The third-order valence-electron chi connectivity index (χ3n) is 2.03. The molecule has 0 saturated heterocycles. The van der Waals surface area contributed by atoms with E-state index in [2.05, 4.69) is 0 Å². The second-order valence-electron chi connectivity index (χ2n) is 3.75. The van der Waals surface area contributed by atoms with Crippen molar-refractivity contribution in [2.75, 3.05) is 0 Å². The van der Waals surface area contributed by atoms with Crippen LogP contribution in [0.3, 0.4) is 0 Å². The molecule has 0 bridgehead atoms. The minimum atomic E-state index is -4.49. The summed E-state index contributed by atoms with van der Waals surface area (Å²) in [4.78, 5) is 11.5. The van der Waals surface area contributed by atoms with Crippen LogP contribution in [-0.4, -0.2) is 5.78 Å². The van der Waals surface area contributed by atoms with Gasteiger partial charge in [-0.1, -0.05) is 25.4 Å². The average molecular weight is 251 g/mol. The van der Waals surface area contributed by atoms with Gasteiger partial charge in [0.25, 0.3) is 0 Å². The van der Waals surface area contributed by atoms with E-state index < -0.39 is 11.7 Å². The van der Waals surface area contributed by atoms with E-state index >= 15 is 0 Å². The van der Waals surface area contributed by atoms with Gasteiger partial charge in [-0.3, -0.25) is 4.79 Å². The molecule has 0 unspecified atom stereocenters. The Hall–Kier alpha value is -1.03. The maximum Gasteiger partial charge on any atom is 0.416 e. The summed E-state index contributed by atoms with van der Waals surface area (Å²) in [5, 5.41) is -0.0844. The van der Waals surface area contributed by atoms with Gasteiger partial charge in [-0.05, 0) is 18.2 Å². The zero-order chi connectivity index (χ0) is 12.5. The second kappa shape index (κ2) is 4.45. The van der Waals surface area contributed by atoms with Gasteiger partial charge in [0.1, 0.15) is 0 Å². The number of hydrogen-bond donors (Lipinski definition) is 0.